The average Bonchev–Trinajstić information content (AvgIpc) is 2.84. The van der Waals surface area contributed by atoms with Crippen molar-refractivity contribution in [1.29, 1.82) is 0 Å². The van der Waals surface area contributed by atoms with Crippen LogP contribution in [0.15, 0.2) is 48.7 Å². The molecule has 0 fully saturated rings. The summed E-state index contributed by atoms with van der Waals surface area (Å²) < 4.78 is 7.53. The van der Waals surface area contributed by atoms with Crippen molar-refractivity contribution in [2.45, 2.75) is 19.8 Å². The normalized spacial score (nSPS) is 11.0. The molecule has 0 unspecified atom stereocenters. The first-order valence-corrected chi connectivity index (χ1v) is 6.89. The fourth-order valence-corrected chi connectivity index (χ4v) is 2.22. The van der Waals surface area contributed by atoms with Gasteiger partial charge in [-0.25, -0.2) is 0 Å². The van der Waals surface area contributed by atoms with Crippen LogP contribution in [0.2, 0.25) is 0 Å². The topological polar surface area (TPSA) is 43.6 Å². The number of carbonyl (C=O) groups is 1. The number of rotatable bonds is 4. The van der Waals surface area contributed by atoms with Crippen LogP contribution in [-0.4, -0.2) is 15.7 Å². The SMILES string of the molecule is CC(C)c1cccc(Oc2nc3ccccn3c2C=O)c1. The quantitative estimate of drug-likeness (QED) is 0.677. The minimum absolute atomic E-state index is 0.331. The molecule has 2 aromatic heterocycles. The second-order valence-electron chi connectivity index (χ2n) is 5.18. The van der Waals surface area contributed by atoms with Gasteiger partial charge in [0.1, 0.15) is 11.4 Å². The summed E-state index contributed by atoms with van der Waals surface area (Å²) in [5.41, 5.74) is 2.29. The molecule has 0 atom stereocenters. The smallest absolute Gasteiger partial charge is 0.249 e. The van der Waals surface area contributed by atoms with Crippen LogP contribution in [0.4, 0.5) is 0 Å². The summed E-state index contributed by atoms with van der Waals surface area (Å²) in [4.78, 5) is 15.7. The number of hydrogen-bond acceptors (Lipinski definition) is 3. The molecular formula is C17H16N2O2. The van der Waals surface area contributed by atoms with E-state index in [1.54, 1.807) is 10.6 Å². The summed E-state index contributed by atoms with van der Waals surface area (Å²) in [5.74, 6) is 1.44. The van der Waals surface area contributed by atoms with Crippen LogP contribution in [-0.2, 0) is 0 Å². The lowest BCUT2D eigenvalue weighted by Gasteiger charge is -2.08. The largest absolute Gasteiger partial charge is 0.437 e. The Kier molecular flexibility index (Phi) is 3.44. The van der Waals surface area contributed by atoms with Gasteiger partial charge in [0, 0.05) is 6.20 Å². The van der Waals surface area contributed by atoms with Crippen molar-refractivity contribution in [1.82, 2.24) is 9.38 Å². The second-order valence-corrected chi connectivity index (χ2v) is 5.18. The maximum atomic E-state index is 11.3. The van der Waals surface area contributed by atoms with Gasteiger partial charge in [-0.2, -0.15) is 4.98 Å². The van der Waals surface area contributed by atoms with Gasteiger partial charge in [0.15, 0.2) is 12.0 Å². The Hall–Kier alpha value is -2.62. The third-order valence-electron chi connectivity index (χ3n) is 3.38. The van der Waals surface area contributed by atoms with E-state index in [0.717, 1.165) is 6.29 Å². The van der Waals surface area contributed by atoms with Gasteiger partial charge in [-0.3, -0.25) is 9.20 Å². The van der Waals surface area contributed by atoms with E-state index in [4.69, 9.17) is 4.74 Å². The number of fused-ring (bicyclic) bond motifs is 1. The predicted octanol–water partition coefficient (Wildman–Crippen LogP) is 4.06. The first-order valence-electron chi connectivity index (χ1n) is 6.89. The molecule has 3 rings (SSSR count). The molecular weight excluding hydrogens is 264 g/mol. The Bertz CT molecular complexity index is 790. The third-order valence-corrected chi connectivity index (χ3v) is 3.38. The Morgan fingerprint density at radius 1 is 1.19 bits per heavy atom. The molecule has 21 heavy (non-hydrogen) atoms. The van der Waals surface area contributed by atoms with E-state index in [-0.39, 0.29) is 0 Å². The fraction of sp³-hybridized carbons (Fsp3) is 0.176. The molecule has 0 bridgehead atoms. The molecule has 0 aliphatic carbocycles. The first kappa shape index (κ1) is 13.4. The number of ether oxygens (including phenoxy) is 1. The average molecular weight is 280 g/mol. The molecule has 3 aromatic rings. The van der Waals surface area contributed by atoms with E-state index in [1.165, 1.54) is 5.56 Å². The zero-order chi connectivity index (χ0) is 14.8. The van der Waals surface area contributed by atoms with Crippen LogP contribution in [0.5, 0.6) is 11.6 Å². The van der Waals surface area contributed by atoms with E-state index >= 15 is 0 Å². The summed E-state index contributed by atoms with van der Waals surface area (Å²) in [6.07, 6.45) is 2.56. The molecule has 4 heteroatoms. The number of benzene rings is 1. The maximum Gasteiger partial charge on any atom is 0.249 e. The highest BCUT2D eigenvalue weighted by atomic mass is 16.5. The second kappa shape index (κ2) is 5.40. The summed E-state index contributed by atoms with van der Waals surface area (Å²) in [6.45, 7) is 4.25. The van der Waals surface area contributed by atoms with E-state index in [1.807, 2.05) is 36.4 Å². The van der Waals surface area contributed by atoms with Crippen LogP contribution in [0.25, 0.3) is 5.65 Å². The summed E-state index contributed by atoms with van der Waals surface area (Å²) >= 11 is 0. The van der Waals surface area contributed by atoms with Gasteiger partial charge in [0.25, 0.3) is 0 Å². The van der Waals surface area contributed by atoms with Gasteiger partial charge in [-0.15, -0.1) is 0 Å². The van der Waals surface area contributed by atoms with Gasteiger partial charge < -0.3 is 4.74 Å². The number of imidazole rings is 1. The number of carbonyl (C=O) groups excluding carboxylic acids is 1. The van der Waals surface area contributed by atoms with Crippen molar-refractivity contribution >= 4 is 11.9 Å². The predicted molar refractivity (Wildman–Crippen MR) is 81.2 cm³/mol. The lowest BCUT2D eigenvalue weighted by atomic mass is 10.0. The lowest BCUT2D eigenvalue weighted by Crippen LogP contribution is -1.94. The van der Waals surface area contributed by atoms with Crippen molar-refractivity contribution < 1.29 is 9.53 Å². The van der Waals surface area contributed by atoms with Crippen LogP contribution < -0.4 is 4.74 Å². The van der Waals surface area contributed by atoms with Gasteiger partial charge in [0.2, 0.25) is 5.88 Å². The Labute approximate surface area is 123 Å². The Morgan fingerprint density at radius 2 is 2.05 bits per heavy atom. The zero-order valence-corrected chi connectivity index (χ0v) is 12.0. The van der Waals surface area contributed by atoms with E-state index in [9.17, 15) is 4.79 Å². The van der Waals surface area contributed by atoms with E-state index in [0.29, 0.717) is 28.9 Å². The number of aromatic nitrogens is 2. The Morgan fingerprint density at radius 3 is 2.81 bits per heavy atom. The highest BCUT2D eigenvalue weighted by Gasteiger charge is 2.13. The van der Waals surface area contributed by atoms with Crippen molar-refractivity contribution in [2.75, 3.05) is 0 Å². The first-order chi connectivity index (χ1) is 10.2. The molecule has 0 saturated carbocycles. The molecule has 0 radical (unpaired) electrons. The van der Waals surface area contributed by atoms with Crippen molar-refractivity contribution in [3.8, 4) is 11.6 Å². The van der Waals surface area contributed by atoms with Crippen LogP contribution >= 0.6 is 0 Å². The van der Waals surface area contributed by atoms with Crippen LogP contribution in [0.1, 0.15) is 35.8 Å². The van der Waals surface area contributed by atoms with E-state index in [2.05, 4.69) is 24.9 Å². The van der Waals surface area contributed by atoms with Crippen LogP contribution in [0, 0.1) is 0 Å². The highest BCUT2D eigenvalue weighted by molar-refractivity contribution is 5.78. The van der Waals surface area contributed by atoms with Gasteiger partial charge in [-0.1, -0.05) is 32.0 Å². The highest BCUT2D eigenvalue weighted by Crippen LogP contribution is 2.27. The standard InChI is InChI=1S/C17H16N2O2/c1-12(2)13-6-5-7-14(10-13)21-17-15(11-20)19-9-4-3-8-16(19)18-17/h3-12H,1-2H3. The summed E-state index contributed by atoms with van der Waals surface area (Å²) in [5, 5.41) is 0. The minimum atomic E-state index is 0.331. The summed E-state index contributed by atoms with van der Waals surface area (Å²) in [7, 11) is 0. The van der Waals surface area contributed by atoms with E-state index < -0.39 is 0 Å². The van der Waals surface area contributed by atoms with Gasteiger partial charge in [-0.05, 0) is 35.7 Å². The van der Waals surface area contributed by atoms with Crippen molar-refractivity contribution in [2.24, 2.45) is 0 Å². The lowest BCUT2D eigenvalue weighted by molar-refractivity contribution is 0.111. The third kappa shape index (κ3) is 2.52. The minimum Gasteiger partial charge on any atom is -0.437 e. The number of pyridine rings is 1. The molecule has 4 nitrogen and oxygen atoms in total. The molecule has 106 valence electrons. The molecule has 0 N–H and O–H groups in total. The molecule has 1 aromatic carbocycles. The number of hydrogen-bond donors (Lipinski definition) is 0. The molecule has 0 aliphatic rings. The maximum absolute atomic E-state index is 11.3. The molecule has 0 amide bonds. The number of nitrogens with zero attached hydrogens (tertiary/aromatic N) is 2. The molecule has 0 saturated heterocycles. The summed E-state index contributed by atoms with van der Waals surface area (Å²) in [6, 6.07) is 13.4. The number of aldehydes is 1. The molecule has 0 spiro atoms. The molecule has 2 heterocycles. The van der Waals surface area contributed by atoms with Gasteiger partial charge in [0.05, 0.1) is 0 Å². The fourth-order valence-electron chi connectivity index (χ4n) is 2.22. The Balaban J connectivity index is 2.01. The van der Waals surface area contributed by atoms with Gasteiger partial charge >= 0.3 is 0 Å². The van der Waals surface area contributed by atoms with Crippen LogP contribution in [0.3, 0.4) is 0 Å². The van der Waals surface area contributed by atoms with Crippen molar-refractivity contribution in [3.63, 3.8) is 0 Å². The van der Waals surface area contributed by atoms with Crippen molar-refractivity contribution in [3.05, 3.63) is 59.9 Å². The monoisotopic (exact) mass is 280 g/mol. The zero-order valence-electron chi connectivity index (χ0n) is 12.0. The molecule has 0 aliphatic heterocycles.